The number of nitrogens with zero attached hydrogens (tertiary/aromatic N) is 1. The number of amides is 2. The molecule has 0 aromatic carbocycles. The smallest absolute Gasteiger partial charge is 0.228 e. The molecule has 1 aliphatic carbocycles. The van der Waals surface area contributed by atoms with E-state index in [-0.39, 0.29) is 11.8 Å². The second-order valence-corrected chi connectivity index (χ2v) is 4.52. The highest BCUT2D eigenvalue weighted by Crippen LogP contribution is 2.24. The van der Waals surface area contributed by atoms with Crippen LogP contribution in [0.2, 0.25) is 0 Å². The van der Waals surface area contributed by atoms with Gasteiger partial charge in [0.1, 0.15) is 5.82 Å². The molecule has 5 heteroatoms. The molecule has 96 valence electrons. The molecular formula is C13H17N3O2. The van der Waals surface area contributed by atoms with Gasteiger partial charge in [-0.25, -0.2) is 4.98 Å². The minimum Gasteiger partial charge on any atom is -0.329 e. The van der Waals surface area contributed by atoms with Crippen LogP contribution in [0.15, 0.2) is 18.3 Å². The Kier molecular flexibility index (Phi) is 4.28. The number of hydrogen-bond donors (Lipinski definition) is 2. The summed E-state index contributed by atoms with van der Waals surface area (Å²) in [5.74, 6) is 0.617. The Balaban J connectivity index is 1.97. The van der Waals surface area contributed by atoms with Crippen LogP contribution in [-0.2, 0) is 9.59 Å². The quantitative estimate of drug-likeness (QED) is 0.801. The van der Waals surface area contributed by atoms with Crippen molar-refractivity contribution < 1.29 is 9.59 Å². The summed E-state index contributed by atoms with van der Waals surface area (Å²) >= 11 is 0. The second kappa shape index (κ2) is 6.14. The van der Waals surface area contributed by atoms with E-state index in [1.807, 2.05) is 0 Å². The Hall–Kier alpha value is -1.91. The Labute approximate surface area is 106 Å². The van der Waals surface area contributed by atoms with E-state index in [0.717, 1.165) is 25.7 Å². The number of pyridine rings is 1. The van der Waals surface area contributed by atoms with Gasteiger partial charge in [0, 0.05) is 23.9 Å². The number of nitrogens with one attached hydrogen (secondary N) is 2. The molecule has 1 aliphatic rings. The average molecular weight is 247 g/mol. The Morgan fingerprint density at radius 3 is 2.83 bits per heavy atom. The van der Waals surface area contributed by atoms with Crippen LogP contribution in [0.3, 0.4) is 0 Å². The molecule has 18 heavy (non-hydrogen) atoms. The van der Waals surface area contributed by atoms with Gasteiger partial charge < -0.3 is 10.6 Å². The monoisotopic (exact) mass is 247 g/mol. The van der Waals surface area contributed by atoms with Crippen molar-refractivity contribution in [1.29, 1.82) is 0 Å². The zero-order valence-electron chi connectivity index (χ0n) is 10.2. The molecule has 0 spiro atoms. The molecule has 5 nitrogen and oxygen atoms in total. The van der Waals surface area contributed by atoms with Crippen molar-refractivity contribution in [3.8, 4) is 0 Å². The molecule has 1 fully saturated rings. The summed E-state index contributed by atoms with van der Waals surface area (Å²) in [5.41, 5.74) is 0.624. The van der Waals surface area contributed by atoms with Gasteiger partial charge in [-0.05, 0) is 18.9 Å². The van der Waals surface area contributed by atoms with Crippen molar-refractivity contribution in [3.63, 3.8) is 0 Å². The summed E-state index contributed by atoms with van der Waals surface area (Å²) < 4.78 is 0. The van der Waals surface area contributed by atoms with Crippen molar-refractivity contribution in [1.82, 2.24) is 4.98 Å². The fourth-order valence-corrected chi connectivity index (χ4v) is 2.25. The van der Waals surface area contributed by atoms with E-state index in [9.17, 15) is 9.59 Å². The highest BCUT2D eigenvalue weighted by atomic mass is 16.2. The van der Waals surface area contributed by atoms with Gasteiger partial charge >= 0.3 is 0 Å². The van der Waals surface area contributed by atoms with Crippen LogP contribution in [0, 0.1) is 5.92 Å². The average Bonchev–Trinajstić information content (AvgIpc) is 2.40. The lowest BCUT2D eigenvalue weighted by Gasteiger charge is -2.20. The minimum absolute atomic E-state index is 0.0328. The zero-order chi connectivity index (χ0) is 12.8. The molecule has 0 saturated heterocycles. The lowest BCUT2D eigenvalue weighted by molar-refractivity contribution is -0.120. The van der Waals surface area contributed by atoms with Crippen molar-refractivity contribution >= 4 is 23.8 Å². The summed E-state index contributed by atoms with van der Waals surface area (Å²) in [6, 6.07) is 3.32. The fraction of sp³-hybridized carbons (Fsp3) is 0.462. The van der Waals surface area contributed by atoms with Crippen LogP contribution in [0.1, 0.15) is 32.1 Å². The third-order valence-corrected chi connectivity index (χ3v) is 3.21. The Bertz CT molecular complexity index is 428. The van der Waals surface area contributed by atoms with Crippen LogP contribution in [-0.4, -0.2) is 17.3 Å². The summed E-state index contributed by atoms with van der Waals surface area (Å²) in [6.07, 6.45) is 7.54. The van der Waals surface area contributed by atoms with Gasteiger partial charge in [0.2, 0.25) is 12.3 Å². The Morgan fingerprint density at radius 1 is 1.33 bits per heavy atom. The third-order valence-electron chi connectivity index (χ3n) is 3.21. The molecule has 1 heterocycles. The molecule has 0 radical (unpaired) electrons. The SMILES string of the molecule is O=CNc1ccnc(NC(=O)C2CCCCC2)c1. The molecule has 0 bridgehead atoms. The lowest BCUT2D eigenvalue weighted by Crippen LogP contribution is -2.25. The number of rotatable bonds is 4. The van der Waals surface area contributed by atoms with Gasteiger partial charge in [-0.15, -0.1) is 0 Å². The normalized spacial score (nSPS) is 16.0. The highest BCUT2D eigenvalue weighted by molar-refractivity contribution is 5.92. The first-order chi connectivity index (χ1) is 8.79. The number of anilines is 2. The summed E-state index contributed by atoms with van der Waals surface area (Å²) in [6.45, 7) is 0. The number of carbonyl (C=O) groups excluding carboxylic acids is 2. The van der Waals surface area contributed by atoms with Gasteiger partial charge in [0.15, 0.2) is 0 Å². The van der Waals surface area contributed by atoms with E-state index < -0.39 is 0 Å². The second-order valence-electron chi connectivity index (χ2n) is 4.52. The van der Waals surface area contributed by atoms with E-state index in [0.29, 0.717) is 17.9 Å². The molecule has 2 rings (SSSR count). The number of carbonyl (C=O) groups is 2. The van der Waals surface area contributed by atoms with E-state index in [4.69, 9.17) is 0 Å². The van der Waals surface area contributed by atoms with E-state index in [1.165, 1.54) is 6.42 Å². The van der Waals surface area contributed by atoms with E-state index >= 15 is 0 Å². The largest absolute Gasteiger partial charge is 0.329 e. The Morgan fingerprint density at radius 2 is 2.11 bits per heavy atom. The van der Waals surface area contributed by atoms with Crippen LogP contribution < -0.4 is 10.6 Å². The summed E-state index contributed by atoms with van der Waals surface area (Å²) in [7, 11) is 0. The maximum absolute atomic E-state index is 12.0. The topological polar surface area (TPSA) is 71.1 Å². The molecule has 0 unspecified atom stereocenters. The van der Waals surface area contributed by atoms with Gasteiger partial charge in [0.25, 0.3) is 0 Å². The standard InChI is InChI=1S/C13H17N3O2/c17-9-15-11-6-7-14-12(8-11)16-13(18)10-4-2-1-3-5-10/h6-10H,1-5H2,(H2,14,15,16,17,18). The number of hydrogen-bond acceptors (Lipinski definition) is 3. The van der Waals surface area contributed by atoms with Crippen LogP contribution in [0.4, 0.5) is 11.5 Å². The van der Waals surface area contributed by atoms with Gasteiger partial charge in [-0.3, -0.25) is 9.59 Å². The molecule has 1 saturated carbocycles. The summed E-state index contributed by atoms with van der Waals surface area (Å²) in [4.78, 5) is 26.4. The molecule has 1 aromatic rings. The molecular weight excluding hydrogens is 230 g/mol. The molecule has 2 N–H and O–H groups in total. The first-order valence-corrected chi connectivity index (χ1v) is 6.26. The number of aromatic nitrogens is 1. The van der Waals surface area contributed by atoms with Gasteiger partial charge in [0.05, 0.1) is 0 Å². The lowest BCUT2D eigenvalue weighted by atomic mass is 9.89. The van der Waals surface area contributed by atoms with E-state index in [1.54, 1.807) is 18.3 Å². The van der Waals surface area contributed by atoms with Gasteiger partial charge in [-0.1, -0.05) is 19.3 Å². The zero-order valence-corrected chi connectivity index (χ0v) is 10.2. The highest BCUT2D eigenvalue weighted by Gasteiger charge is 2.21. The van der Waals surface area contributed by atoms with Crippen LogP contribution in [0.5, 0.6) is 0 Å². The minimum atomic E-state index is 0.0328. The molecule has 2 amide bonds. The maximum atomic E-state index is 12.0. The third kappa shape index (κ3) is 3.29. The molecule has 0 atom stereocenters. The van der Waals surface area contributed by atoms with Gasteiger partial charge in [-0.2, -0.15) is 0 Å². The predicted octanol–water partition coefficient (Wildman–Crippen LogP) is 2.17. The fourth-order valence-electron chi connectivity index (χ4n) is 2.25. The first kappa shape index (κ1) is 12.5. The first-order valence-electron chi connectivity index (χ1n) is 6.26. The maximum Gasteiger partial charge on any atom is 0.228 e. The van der Waals surface area contributed by atoms with Crippen molar-refractivity contribution in [3.05, 3.63) is 18.3 Å². The predicted molar refractivity (Wildman–Crippen MR) is 69.1 cm³/mol. The van der Waals surface area contributed by atoms with Crippen molar-refractivity contribution in [2.75, 3.05) is 10.6 Å². The van der Waals surface area contributed by atoms with Crippen LogP contribution >= 0.6 is 0 Å². The molecule has 0 aliphatic heterocycles. The molecule has 1 aromatic heterocycles. The summed E-state index contributed by atoms with van der Waals surface area (Å²) in [5, 5.41) is 5.33. The van der Waals surface area contributed by atoms with E-state index in [2.05, 4.69) is 15.6 Å². The van der Waals surface area contributed by atoms with Crippen LogP contribution in [0.25, 0.3) is 0 Å². The van der Waals surface area contributed by atoms with Crippen molar-refractivity contribution in [2.24, 2.45) is 5.92 Å². The van der Waals surface area contributed by atoms with Crippen molar-refractivity contribution in [2.45, 2.75) is 32.1 Å².